The molecule has 1 aromatic rings. The van der Waals surface area contributed by atoms with Crippen molar-refractivity contribution >= 4 is 29.9 Å². The quantitative estimate of drug-likeness (QED) is 0.393. The molecule has 0 unspecified atom stereocenters. The monoisotopic (exact) mass is 343 g/mol. The molecule has 0 heterocycles. The van der Waals surface area contributed by atoms with Crippen LogP contribution in [0.4, 0.5) is 0 Å². The van der Waals surface area contributed by atoms with Crippen LogP contribution in [0.5, 0.6) is 0 Å². The Morgan fingerprint density at radius 2 is 2.00 bits per heavy atom. The second-order valence-electron chi connectivity index (χ2n) is 3.58. The Labute approximate surface area is 120 Å². The molecule has 1 N–H and O–H groups in total. The van der Waals surface area contributed by atoms with Gasteiger partial charge in [-0.3, -0.25) is 0 Å². The summed E-state index contributed by atoms with van der Waals surface area (Å²) in [6, 6.07) is 10.1. The lowest BCUT2D eigenvalue weighted by Gasteiger charge is -2.16. The van der Waals surface area contributed by atoms with Crippen molar-refractivity contribution in [2.75, 3.05) is 20.6 Å². The lowest BCUT2D eigenvalue weighted by atomic mass is 10.2. The van der Waals surface area contributed by atoms with Gasteiger partial charge in [0.25, 0.3) is 0 Å². The van der Waals surface area contributed by atoms with Gasteiger partial charge in [-0.1, -0.05) is 36.3 Å². The fourth-order valence-electron chi connectivity index (χ4n) is 1.24. The highest BCUT2D eigenvalue weighted by Gasteiger charge is 1.99. The van der Waals surface area contributed by atoms with Crippen LogP contribution >= 0.6 is 24.0 Å². The molecule has 1 aromatic carbocycles. The summed E-state index contributed by atoms with van der Waals surface area (Å²) in [5, 5.41) is 3.08. The summed E-state index contributed by atoms with van der Waals surface area (Å²) in [6.45, 7) is 1.15. The van der Waals surface area contributed by atoms with E-state index in [0.29, 0.717) is 13.1 Å². The molecule has 1 rings (SSSR count). The third-order valence-corrected chi connectivity index (χ3v) is 2.03. The van der Waals surface area contributed by atoms with Crippen molar-refractivity contribution in [2.24, 2.45) is 4.99 Å². The van der Waals surface area contributed by atoms with Crippen molar-refractivity contribution in [3.05, 3.63) is 35.9 Å². The number of hydrogen-bond donors (Lipinski definition) is 1. The van der Waals surface area contributed by atoms with E-state index in [0.717, 1.165) is 5.96 Å². The molecule has 4 heteroatoms. The van der Waals surface area contributed by atoms with Crippen LogP contribution in [0.15, 0.2) is 35.3 Å². The highest BCUT2D eigenvalue weighted by molar-refractivity contribution is 14.0. The van der Waals surface area contributed by atoms with Crippen LogP contribution < -0.4 is 5.32 Å². The molecule has 0 atom stereocenters. The van der Waals surface area contributed by atoms with E-state index >= 15 is 0 Å². The van der Waals surface area contributed by atoms with Gasteiger partial charge in [0.1, 0.15) is 0 Å². The van der Waals surface area contributed by atoms with Gasteiger partial charge in [0.05, 0.1) is 13.1 Å². The minimum atomic E-state index is 0. The molecule has 92 valence electrons. The molecule has 0 saturated heterocycles. The SMILES string of the molecule is C#CCNC(=NCc1ccccc1)N(C)C.I. The first-order valence-electron chi connectivity index (χ1n) is 5.17. The molecule has 0 aromatic heterocycles. The summed E-state index contributed by atoms with van der Waals surface area (Å²) in [7, 11) is 3.88. The van der Waals surface area contributed by atoms with Crippen LogP contribution in [0.25, 0.3) is 0 Å². The minimum Gasteiger partial charge on any atom is -0.349 e. The summed E-state index contributed by atoms with van der Waals surface area (Å²) in [4.78, 5) is 6.38. The number of nitrogens with one attached hydrogen (secondary N) is 1. The van der Waals surface area contributed by atoms with E-state index in [1.807, 2.05) is 37.2 Å². The number of hydrogen-bond acceptors (Lipinski definition) is 1. The lowest BCUT2D eigenvalue weighted by molar-refractivity contribution is 0.587. The molecule has 0 aliphatic carbocycles. The molecule has 0 aliphatic rings. The first kappa shape index (κ1) is 15.8. The Hall–Kier alpha value is -1.22. The van der Waals surface area contributed by atoms with Crippen molar-refractivity contribution in [1.29, 1.82) is 0 Å². The topological polar surface area (TPSA) is 27.6 Å². The third kappa shape index (κ3) is 6.17. The number of benzene rings is 1. The number of aliphatic imine (C=N–C) groups is 1. The Morgan fingerprint density at radius 3 is 2.53 bits per heavy atom. The molecule has 0 bridgehead atoms. The van der Waals surface area contributed by atoms with Gasteiger partial charge in [-0.25, -0.2) is 4.99 Å². The van der Waals surface area contributed by atoms with Crippen molar-refractivity contribution < 1.29 is 0 Å². The van der Waals surface area contributed by atoms with Crippen molar-refractivity contribution in [2.45, 2.75) is 6.54 Å². The van der Waals surface area contributed by atoms with E-state index in [4.69, 9.17) is 6.42 Å². The average molecular weight is 343 g/mol. The zero-order chi connectivity index (χ0) is 11.8. The first-order valence-corrected chi connectivity index (χ1v) is 5.17. The molecule has 0 saturated carbocycles. The highest BCUT2D eigenvalue weighted by atomic mass is 127. The van der Waals surface area contributed by atoms with Crippen LogP contribution in [0.2, 0.25) is 0 Å². The smallest absolute Gasteiger partial charge is 0.194 e. The third-order valence-electron chi connectivity index (χ3n) is 2.03. The number of guanidine groups is 1. The standard InChI is InChI=1S/C13H17N3.HI/c1-4-10-14-13(16(2)3)15-11-12-8-6-5-7-9-12;/h1,5-9H,10-11H2,2-3H3,(H,14,15);1H. The predicted octanol–water partition coefficient (Wildman–Crippen LogP) is 1.94. The maximum absolute atomic E-state index is 5.20. The zero-order valence-corrected chi connectivity index (χ0v) is 12.5. The van der Waals surface area contributed by atoms with Gasteiger partial charge in [-0.2, -0.15) is 0 Å². The Bertz CT molecular complexity index is 379. The molecule has 0 amide bonds. The second-order valence-corrected chi connectivity index (χ2v) is 3.58. The van der Waals surface area contributed by atoms with Crippen LogP contribution in [0, 0.1) is 12.3 Å². The van der Waals surface area contributed by atoms with E-state index in [-0.39, 0.29) is 24.0 Å². The number of terminal acetylenes is 1. The fourth-order valence-corrected chi connectivity index (χ4v) is 1.24. The van der Waals surface area contributed by atoms with Crippen molar-refractivity contribution in [3.8, 4) is 12.3 Å². The normalized spacial score (nSPS) is 10.1. The summed E-state index contributed by atoms with van der Waals surface area (Å²) in [5.41, 5.74) is 1.18. The maximum Gasteiger partial charge on any atom is 0.194 e. The van der Waals surface area contributed by atoms with Crippen LogP contribution in [0.1, 0.15) is 5.56 Å². The number of nitrogens with zero attached hydrogens (tertiary/aromatic N) is 2. The molecule has 0 fully saturated rings. The second kappa shape index (κ2) is 8.88. The molecule has 0 spiro atoms. The van der Waals surface area contributed by atoms with Gasteiger partial charge in [-0.05, 0) is 5.56 Å². The number of halogens is 1. The number of rotatable bonds is 3. The zero-order valence-electron chi connectivity index (χ0n) is 10.2. The van der Waals surface area contributed by atoms with Gasteiger partial charge in [0.15, 0.2) is 5.96 Å². The summed E-state index contributed by atoms with van der Waals surface area (Å²) in [5.74, 6) is 3.34. The lowest BCUT2D eigenvalue weighted by Crippen LogP contribution is -2.36. The Balaban J connectivity index is 0.00000256. The van der Waals surface area contributed by atoms with Gasteiger partial charge in [-0.15, -0.1) is 30.4 Å². The molecule has 0 aliphatic heterocycles. The van der Waals surface area contributed by atoms with E-state index in [9.17, 15) is 0 Å². The Morgan fingerprint density at radius 1 is 1.35 bits per heavy atom. The van der Waals surface area contributed by atoms with Crippen LogP contribution in [-0.2, 0) is 6.54 Å². The van der Waals surface area contributed by atoms with E-state index in [2.05, 4.69) is 28.4 Å². The average Bonchev–Trinajstić information content (AvgIpc) is 2.30. The van der Waals surface area contributed by atoms with E-state index in [1.54, 1.807) is 0 Å². The Kier molecular flexibility index (Phi) is 8.24. The molecule has 3 nitrogen and oxygen atoms in total. The van der Waals surface area contributed by atoms with E-state index in [1.165, 1.54) is 5.56 Å². The summed E-state index contributed by atoms with van der Waals surface area (Å²) in [6.07, 6.45) is 5.20. The predicted molar refractivity (Wildman–Crippen MR) is 83.5 cm³/mol. The van der Waals surface area contributed by atoms with Crippen LogP contribution in [0.3, 0.4) is 0 Å². The molecule has 0 radical (unpaired) electrons. The first-order chi connectivity index (χ1) is 7.74. The van der Waals surface area contributed by atoms with Crippen molar-refractivity contribution in [3.63, 3.8) is 0 Å². The maximum atomic E-state index is 5.20. The van der Waals surface area contributed by atoms with Gasteiger partial charge >= 0.3 is 0 Å². The molecule has 17 heavy (non-hydrogen) atoms. The summed E-state index contributed by atoms with van der Waals surface area (Å²) < 4.78 is 0. The van der Waals surface area contributed by atoms with Gasteiger partial charge in [0, 0.05) is 14.1 Å². The fraction of sp³-hybridized carbons (Fsp3) is 0.308. The molecular weight excluding hydrogens is 325 g/mol. The van der Waals surface area contributed by atoms with Gasteiger partial charge < -0.3 is 10.2 Å². The van der Waals surface area contributed by atoms with Crippen molar-refractivity contribution in [1.82, 2.24) is 10.2 Å². The molecular formula is C13H18IN3. The van der Waals surface area contributed by atoms with Crippen LogP contribution in [-0.4, -0.2) is 31.5 Å². The highest BCUT2D eigenvalue weighted by Crippen LogP contribution is 2.00. The van der Waals surface area contributed by atoms with Gasteiger partial charge in [0.2, 0.25) is 0 Å². The minimum absolute atomic E-state index is 0. The summed E-state index contributed by atoms with van der Waals surface area (Å²) >= 11 is 0. The largest absolute Gasteiger partial charge is 0.349 e. The van der Waals surface area contributed by atoms with E-state index < -0.39 is 0 Å².